The molecule has 2 aliphatic rings. The van der Waals surface area contributed by atoms with Crippen molar-refractivity contribution in [3.05, 3.63) is 70.3 Å². The fourth-order valence-corrected chi connectivity index (χ4v) is 5.38. The molecule has 0 unspecified atom stereocenters. The van der Waals surface area contributed by atoms with Gasteiger partial charge >= 0.3 is 12.7 Å². The Bertz CT molecular complexity index is 1730. The number of rotatable bonds is 7. The summed E-state index contributed by atoms with van der Waals surface area (Å²) in [6.45, 7) is -0.881. The number of nitrogens with zero attached hydrogens (tertiary/aromatic N) is 7. The Balaban J connectivity index is 1.31. The average molecular weight is 562 g/mol. The van der Waals surface area contributed by atoms with Gasteiger partial charge in [0.25, 0.3) is 5.56 Å². The quantitative estimate of drug-likeness (QED) is 0.338. The molecule has 1 amide bonds. The van der Waals surface area contributed by atoms with Crippen LogP contribution >= 0.6 is 0 Å². The number of benzene rings is 2. The Morgan fingerprint density at radius 2 is 1.93 bits per heavy atom. The molecule has 0 bridgehead atoms. The van der Waals surface area contributed by atoms with E-state index in [1.807, 2.05) is 17.0 Å². The van der Waals surface area contributed by atoms with Crippen molar-refractivity contribution < 1.29 is 23.0 Å². The van der Waals surface area contributed by atoms with Crippen LogP contribution in [0.3, 0.4) is 0 Å². The third-order valence-corrected chi connectivity index (χ3v) is 7.48. The van der Waals surface area contributed by atoms with Gasteiger partial charge in [0.05, 0.1) is 36.0 Å². The highest BCUT2D eigenvalue weighted by Crippen LogP contribution is 2.28. The SMILES string of the molecule is Cn1c(=O)c2ccc(-c3cnc(N4CCN5C(=O)OC[C@H]5C4)nc3)cc2n1Cc1cc(CC#N)ccc1OC(F)F. The van der Waals surface area contributed by atoms with Crippen LogP contribution in [-0.4, -0.2) is 69.2 Å². The lowest BCUT2D eigenvalue weighted by Crippen LogP contribution is -2.52. The molecular weight excluding hydrogens is 536 g/mol. The van der Waals surface area contributed by atoms with Crippen LogP contribution in [0.1, 0.15) is 11.1 Å². The van der Waals surface area contributed by atoms with E-state index in [9.17, 15) is 18.4 Å². The normalized spacial score (nSPS) is 16.7. The number of amides is 1. The van der Waals surface area contributed by atoms with Crippen molar-refractivity contribution in [2.75, 3.05) is 31.1 Å². The Hall–Kier alpha value is -4.99. The molecule has 0 radical (unpaired) electrons. The predicted molar refractivity (Wildman–Crippen MR) is 144 cm³/mol. The van der Waals surface area contributed by atoms with Crippen LogP contribution in [0.25, 0.3) is 22.0 Å². The number of alkyl halides is 2. The molecule has 2 aliphatic heterocycles. The molecule has 2 aromatic heterocycles. The van der Waals surface area contributed by atoms with Gasteiger partial charge in [-0.2, -0.15) is 14.0 Å². The molecule has 2 fully saturated rings. The summed E-state index contributed by atoms with van der Waals surface area (Å²) in [7, 11) is 1.61. The van der Waals surface area contributed by atoms with Crippen molar-refractivity contribution in [2.45, 2.75) is 25.6 Å². The highest BCUT2D eigenvalue weighted by atomic mass is 19.3. The molecule has 4 aromatic rings. The molecule has 41 heavy (non-hydrogen) atoms. The average Bonchev–Trinajstić information content (AvgIpc) is 3.46. The maximum Gasteiger partial charge on any atom is 0.410 e. The summed E-state index contributed by atoms with van der Waals surface area (Å²) in [4.78, 5) is 37.7. The van der Waals surface area contributed by atoms with E-state index >= 15 is 0 Å². The molecule has 2 saturated heterocycles. The van der Waals surface area contributed by atoms with E-state index in [4.69, 9.17) is 14.7 Å². The Kier molecular flexibility index (Phi) is 6.74. The van der Waals surface area contributed by atoms with Crippen molar-refractivity contribution >= 4 is 22.9 Å². The van der Waals surface area contributed by atoms with Gasteiger partial charge in [0, 0.05) is 50.2 Å². The number of aromatic nitrogens is 4. The smallest absolute Gasteiger partial charge is 0.410 e. The zero-order valence-electron chi connectivity index (χ0n) is 22.0. The monoisotopic (exact) mass is 561 g/mol. The molecule has 13 heteroatoms. The van der Waals surface area contributed by atoms with Crippen molar-refractivity contribution in [1.82, 2.24) is 24.2 Å². The van der Waals surface area contributed by atoms with E-state index in [0.29, 0.717) is 54.2 Å². The van der Waals surface area contributed by atoms with E-state index in [0.717, 1.165) is 11.1 Å². The standard InChI is InChI=1S/C28H25F2N7O4/c1-34-25(38)22-4-3-18(20-12-32-27(33-13-20)35-8-9-36-21(15-35)16-40-28(36)39)11-23(22)37(34)14-19-10-17(6-7-31)2-5-24(19)41-26(29)30/h2-5,10-13,21,26H,6,8-9,14-16H2,1H3/t21-/m1/s1. The first-order valence-corrected chi connectivity index (χ1v) is 13.0. The highest BCUT2D eigenvalue weighted by molar-refractivity contribution is 5.84. The summed E-state index contributed by atoms with van der Waals surface area (Å²) in [6.07, 6.45) is 3.23. The number of anilines is 1. The second-order valence-corrected chi connectivity index (χ2v) is 9.92. The molecule has 4 heterocycles. The predicted octanol–water partition coefficient (Wildman–Crippen LogP) is 3.15. The maximum atomic E-state index is 13.1. The van der Waals surface area contributed by atoms with Crippen LogP contribution in [0.15, 0.2) is 53.6 Å². The van der Waals surface area contributed by atoms with Gasteiger partial charge in [0.1, 0.15) is 12.4 Å². The van der Waals surface area contributed by atoms with Crippen LogP contribution in [0.4, 0.5) is 19.5 Å². The topological polar surface area (TPSA) is 119 Å². The number of hydrogen-bond donors (Lipinski definition) is 0. The molecule has 0 saturated carbocycles. The summed E-state index contributed by atoms with van der Waals surface area (Å²) in [5, 5.41) is 9.56. The van der Waals surface area contributed by atoms with Gasteiger partial charge in [-0.25, -0.2) is 14.8 Å². The number of cyclic esters (lactones) is 1. The van der Waals surface area contributed by atoms with Gasteiger partial charge in [0.2, 0.25) is 5.95 Å². The lowest BCUT2D eigenvalue weighted by molar-refractivity contribution is -0.0505. The number of carbonyl (C=O) groups excluding carboxylic acids is 1. The van der Waals surface area contributed by atoms with Gasteiger partial charge < -0.3 is 14.4 Å². The van der Waals surface area contributed by atoms with Crippen molar-refractivity contribution in [1.29, 1.82) is 5.26 Å². The van der Waals surface area contributed by atoms with Crippen LogP contribution < -0.4 is 15.2 Å². The number of piperazine rings is 1. The van der Waals surface area contributed by atoms with E-state index in [2.05, 4.69) is 16.0 Å². The van der Waals surface area contributed by atoms with E-state index in [-0.39, 0.29) is 36.4 Å². The summed E-state index contributed by atoms with van der Waals surface area (Å²) < 4.78 is 39.2. The van der Waals surface area contributed by atoms with E-state index in [1.54, 1.807) is 47.2 Å². The minimum Gasteiger partial charge on any atom is -0.447 e. The minimum atomic E-state index is -3.02. The third kappa shape index (κ3) is 4.93. The lowest BCUT2D eigenvalue weighted by Gasteiger charge is -2.35. The zero-order valence-corrected chi connectivity index (χ0v) is 22.0. The maximum absolute atomic E-state index is 13.1. The molecule has 0 N–H and O–H groups in total. The van der Waals surface area contributed by atoms with Gasteiger partial charge in [-0.1, -0.05) is 12.1 Å². The first kappa shape index (κ1) is 26.2. The summed E-state index contributed by atoms with van der Waals surface area (Å²) >= 11 is 0. The van der Waals surface area contributed by atoms with Crippen LogP contribution in [0, 0.1) is 11.3 Å². The lowest BCUT2D eigenvalue weighted by atomic mass is 10.1. The van der Waals surface area contributed by atoms with Crippen LogP contribution in [-0.2, 0) is 24.8 Å². The first-order chi connectivity index (χ1) is 19.8. The van der Waals surface area contributed by atoms with E-state index in [1.165, 1.54) is 10.7 Å². The molecular formula is C28H25F2N7O4. The fraction of sp³-hybridized carbons (Fsp3) is 0.321. The number of hydrogen-bond acceptors (Lipinski definition) is 8. The van der Waals surface area contributed by atoms with Crippen LogP contribution in [0.2, 0.25) is 0 Å². The minimum absolute atomic E-state index is 0.0227. The number of fused-ring (bicyclic) bond motifs is 2. The first-order valence-electron chi connectivity index (χ1n) is 13.0. The third-order valence-electron chi connectivity index (χ3n) is 7.48. The van der Waals surface area contributed by atoms with Crippen molar-refractivity contribution in [2.24, 2.45) is 7.05 Å². The molecule has 0 aliphatic carbocycles. The van der Waals surface area contributed by atoms with Gasteiger partial charge in [-0.3, -0.25) is 19.1 Å². The van der Waals surface area contributed by atoms with E-state index < -0.39 is 6.61 Å². The van der Waals surface area contributed by atoms with Crippen molar-refractivity contribution in [3.63, 3.8) is 0 Å². The molecule has 0 spiro atoms. The summed E-state index contributed by atoms with van der Waals surface area (Å²) in [5.74, 6) is 0.528. The highest BCUT2D eigenvalue weighted by Gasteiger charge is 2.38. The second-order valence-electron chi connectivity index (χ2n) is 9.92. The molecule has 11 nitrogen and oxygen atoms in total. The number of carbonyl (C=O) groups is 1. The summed E-state index contributed by atoms with van der Waals surface area (Å²) in [5.41, 5.74) is 2.92. The molecule has 1 atom stereocenters. The van der Waals surface area contributed by atoms with Gasteiger partial charge in [-0.05, 0) is 35.4 Å². The molecule has 6 rings (SSSR count). The number of ether oxygens (including phenoxy) is 2. The van der Waals surface area contributed by atoms with Crippen molar-refractivity contribution in [3.8, 4) is 22.9 Å². The number of nitriles is 1. The summed E-state index contributed by atoms with van der Waals surface area (Å²) in [6, 6.07) is 12.0. The largest absolute Gasteiger partial charge is 0.447 e. The molecule has 2 aromatic carbocycles. The van der Waals surface area contributed by atoms with Gasteiger partial charge in [0.15, 0.2) is 0 Å². The zero-order chi connectivity index (χ0) is 28.7. The molecule has 210 valence electrons. The number of halogens is 2. The Labute approximate surface area is 232 Å². The van der Waals surface area contributed by atoms with Gasteiger partial charge in [-0.15, -0.1) is 0 Å². The Morgan fingerprint density at radius 3 is 2.68 bits per heavy atom. The fourth-order valence-electron chi connectivity index (χ4n) is 5.38. The van der Waals surface area contributed by atoms with Crippen LogP contribution in [0.5, 0.6) is 5.75 Å². The second kappa shape index (κ2) is 10.5. The Morgan fingerprint density at radius 1 is 1.12 bits per heavy atom.